The lowest BCUT2D eigenvalue weighted by molar-refractivity contribution is 0.318. The molecular weight excluding hydrogens is 233 g/mol. The fourth-order valence-corrected chi connectivity index (χ4v) is 1.82. The Morgan fingerprint density at radius 3 is 2.78 bits per heavy atom. The predicted molar refractivity (Wildman–Crippen MR) is 71.7 cm³/mol. The van der Waals surface area contributed by atoms with Gasteiger partial charge >= 0.3 is 0 Å². The summed E-state index contributed by atoms with van der Waals surface area (Å²) in [5.74, 6) is -0.478. The first-order valence-corrected chi connectivity index (χ1v) is 6.08. The Balaban J connectivity index is 2.93. The maximum atomic E-state index is 13.2. The van der Waals surface area contributed by atoms with E-state index in [1.807, 2.05) is 11.9 Å². The van der Waals surface area contributed by atoms with Crippen molar-refractivity contribution in [2.45, 2.75) is 26.2 Å². The molecule has 0 aliphatic carbocycles. The van der Waals surface area contributed by atoms with Crippen LogP contribution < -0.4 is 10.6 Å². The van der Waals surface area contributed by atoms with Crippen molar-refractivity contribution >= 4 is 11.5 Å². The molecule has 0 bridgehead atoms. The van der Waals surface area contributed by atoms with Crippen LogP contribution in [0.4, 0.5) is 10.1 Å². The van der Waals surface area contributed by atoms with Gasteiger partial charge in [-0.15, -0.1) is 0 Å². The number of nitrogens with zero attached hydrogens (tertiary/aromatic N) is 2. The molecule has 0 heterocycles. The van der Waals surface area contributed by atoms with E-state index in [-0.39, 0.29) is 5.84 Å². The van der Waals surface area contributed by atoms with E-state index in [1.54, 1.807) is 6.07 Å². The molecule has 0 atom stereocenters. The number of unbranched alkanes of at least 4 members (excludes halogenated alkanes) is 2. The number of halogens is 1. The third-order valence-corrected chi connectivity index (χ3v) is 2.85. The van der Waals surface area contributed by atoms with E-state index in [1.165, 1.54) is 12.1 Å². The molecule has 100 valence electrons. The zero-order valence-electron chi connectivity index (χ0n) is 10.9. The monoisotopic (exact) mass is 253 g/mol. The highest BCUT2D eigenvalue weighted by molar-refractivity contribution is 6.02. The summed E-state index contributed by atoms with van der Waals surface area (Å²) in [5, 5.41) is 11.7. The third kappa shape index (κ3) is 3.61. The number of benzene rings is 1. The van der Waals surface area contributed by atoms with Crippen LogP contribution in [0.2, 0.25) is 0 Å². The lowest BCUT2D eigenvalue weighted by Crippen LogP contribution is -2.24. The maximum absolute atomic E-state index is 13.2. The maximum Gasteiger partial charge on any atom is 0.172 e. The Bertz CT molecular complexity index is 421. The summed E-state index contributed by atoms with van der Waals surface area (Å²) in [6.45, 7) is 2.99. The molecule has 0 aliphatic heterocycles. The molecule has 0 amide bonds. The fraction of sp³-hybridized carbons (Fsp3) is 0.462. The topological polar surface area (TPSA) is 61.8 Å². The largest absolute Gasteiger partial charge is 0.409 e. The Morgan fingerprint density at radius 1 is 1.44 bits per heavy atom. The highest BCUT2D eigenvalue weighted by Gasteiger charge is 2.12. The lowest BCUT2D eigenvalue weighted by Gasteiger charge is -2.22. The average molecular weight is 253 g/mol. The molecule has 0 radical (unpaired) electrons. The first kappa shape index (κ1) is 14.3. The van der Waals surface area contributed by atoms with Crippen molar-refractivity contribution in [1.82, 2.24) is 0 Å². The molecule has 0 unspecified atom stereocenters. The summed E-state index contributed by atoms with van der Waals surface area (Å²) in [6.07, 6.45) is 3.34. The van der Waals surface area contributed by atoms with Gasteiger partial charge in [-0.1, -0.05) is 24.9 Å². The van der Waals surface area contributed by atoms with Crippen LogP contribution in [0.25, 0.3) is 0 Å². The molecule has 0 aliphatic rings. The summed E-state index contributed by atoms with van der Waals surface area (Å²) < 4.78 is 13.2. The van der Waals surface area contributed by atoms with Crippen molar-refractivity contribution in [3.63, 3.8) is 0 Å². The van der Waals surface area contributed by atoms with Crippen molar-refractivity contribution in [2.24, 2.45) is 10.9 Å². The van der Waals surface area contributed by atoms with Crippen molar-refractivity contribution in [1.29, 1.82) is 0 Å². The van der Waals surface area contributed by atoms with Crippen molar-refractivity contribution in [3.05, 3.63) is 29.6 Å². The van der Waals surface area contributed by atoms with E-state index in [2.05, 4.69) is 12.1 Å². The minimum absolute atomic E-state index is 0.0770. The lowest BCUT2D eigenvalue weighted by atomic mass is 10.1. The van der Waals surface area contributed by atoms with E-state index < -0.39 is 5.82 Å². The molecule has 0 saturated carbocycles. The Morgan fingerprint density at radius 2 is 2.17 bits per heavy atom. The smallest absolute Gasteiger partial charge is 0.172 e. The molecule has 0 saturated heterocycles. The SMILES string of the molecule is CCCCCN(C)c1ccc(F)cc1C(N)=NO. The predicted octanol–water partition coefficient (Wildman–Crippen LogP) is 2.55. The first-order valence-electron chi connectivity index (χ1n) is 6.08. The van der Waals surface area contributed by atoms with Crippen LogP contribution >= 0.6 is 0 Å². The summed E-state index contributed by atoms with van der Waals surface area (Å²) in [6, 6.07) is 4.30. The Kier molecular flexibility index (Phi) is 5.42. The zero-order chi connectivity index (χ0) is 13.5. The molecule has 1 aromatic carbocycles. The van der Waals surface area contributed by atoms with Crippen LogP contribution in [0.5, 0.6) is 0 Å². The standard InChI is InChI=1S/C13H20FN3O/c1-3-4-5-8-17(2)12-7-6-10(14)9-11(12)13(15)16-18/h6-7,9,18H,3-5,8H2,1-2H3,(H2,15,16). The fourth-order valence-electron chi connectivity index (χ4n) is 1.82. The van der Waals surface area contributed by atoms with Crippen LogP contribution in [-0.4, -0.2) is 24.6 Å². The van der Waals surface area contributed by atoms with Gasteiger partial charge in [-0.2, -0.15) is 0 Å². The number of oxime groups is 1. The summed E-state index contributed by atoms with van der Waals surface area (Å²) in [7, 11) is 1.91. The minimum Gasteiger partial charge on any atom is -0.409 e. The normalized spacial score (nSPS) is 11.6. The Hall–Kier alpha value is -1.78. The van der Waals surface area contributed by atoms with Gasteiger partial charge in [0.25, 0.3) is 0 Å². The molecule has 1 aromatic rings. The number of nitrogens with two attached hydrogens (primary N) is 1. The molecule has 0 aromatic heterocycles. The van der Waals surface area contributed by atoms with Gasteiger partial charge in [0.05, 0.1) is 0 Å². The summed E-state index contributed by atoms with van der Waals surface area (Å²) >= 11 is 0. The van der Waals surface area contributed by atoms with Gasteiger partial charge in [0.15, 0.2) is 5.84 Å². The van der Waals surface area contributed by atoms with E-state index in [0.29, 0.717) is 5.56 Å². The van der Waals surface area contributed by atoms with Crippen LogP contribution in [0.3, 0.4) is 0 Å². The van der Waals surface area contributed by atoms with Gasteiger partial charge in [-0.25, -0.2) is 4.39 Å². The number of hydrogen-bond acceptors (Lipinski definition) is 3. The zero-order valence-corrected chi connectivity index (χ0v) is 10.9. The second-order valence-corrected chi connectivity index (χ2v) is 4.28. The van der Waals surface area contributed by atoms with Crippen molar-refractivity contribution in [3.8, 4) is 0 Å². The molecular formula is C13H20FN3O. The van der Waals surface area contributed by atoms with E-state index in [9.17, 15) is 4.39 Å². The quantitative estimate of drug-likeness (QED) is 0.269. The second-order valence-electron chi connectivity index (χ2n) is 4.28. The first-order chi connectivity index (χ1) is 8.60. The number of rotatable bonds is 6. The van der Waals surface area contributed by atoms with Crippen LogP contribution in [0.15, 0.2) is 23.4 Å². The molecule has 0 fully saturated rings. The van der Waals surface area contributed by atoms with Gasteiger partial charge in [-0.05, 0) is 24.6 Å². The van der Waals surface area contributed by atoms with Crippen LogP contribution in [-0.2, 0) is 0 Å². The summed E-state index contributed by atoms with van der Waals surface area (Å²) in [5.41, 5.74) is 6.74. The van der Waals surface area contributed by atoms with E-state index in [4.69, 9.17) is 10.9 Å². The summed E-state index contributed by atoms with van der Waals surface area (Å²) in [4.78, 5) is 1.99. The number of anilines is 1. The number of hydrogen-bond donors (Lipinski definition) is 2. The Labute approximate surface area is 107 Å². The van der Waals surface area contributed by atoms with Crippen LogP contribution in [0.1, 0.15) is 31.7 Å². The van der Waals surface area contributed by atoms with Gasteiger partial charge in [0.1, 0.15) is 5.82 Å². The highest BCUT2D eigenvalue weighted by atomic mass is 19.1. The van der Waals surface area contributed by atoms with Gasteiger partial charge in [-0.3, -0.25) is 0 Å². The second kappa shape index (κ2) is 6.83. The van der Waals surface area contributed by atoms with Crippen molar-refractivity contribution in [2.75, 3.05) is 18.5 Å². The van der Waals surface area contributed by atoms with E-state index >= 15 is 0 Å². The molecule has 0 spiro atoms. The highest BCUT2D eigenvalue weighted by Crippen LogP contribution is 2.21. The molecule has 5 heteroatoms. The van der Waals surface area contributed by atoms with Gasteiger partial charge < -0.3 is 15.8 Å². The molecule has 18 heavy (non-hydrogen) atoms. The van der Waals surface area contributed by atoms with Gasteiger partial charge in [0, 0.05) is 24.8 Å². The minimum atomic E-state index is -0.401. The van der Waals surface area contributed by atoms with Gasteiger partial charge in [0.2, 0.25) is 0 Å². The van der Waals surface area contributed by atoms with E-state index in [0.717, 1.165) is 31.5 Å². The molecule has 4 nitrogen and oxygen atoms in total. The molecule has 3 N–H and O–H groups in total. The third-order valence-electron chi connectivity index (χ3n) is 2.85. The average Bonchev–Trinajstić information content (AvgIpc) is 2.37. The van der Waals surface area contributed by atoms with Crippen molar-refractivity contribution < 1.29 is 9.60 Å². The number of amidine groups is 1. The van der Waals surface area contributed by atoms with Crippen LogP contribution in [0, 0.1) is 5.82 Å². The molecule has 1 rings (SSSR count).